The first kappa shape index (κ1) is 18.8. The van der Waals surface area contributed by atoms with E-state index in [9.17, 15) is 9.90 Å². The summed E-state index contributed by atoms with van der Waals surface area (Å²) in [5, 5.41) is 10.4. The summed E-state index contributed by atoms with van der Waals surface area (Å²) in [7, 11) is 0. The van der Waals surface area contributed by atoms with Crippen LogP contribution in [0.15, 0.2) is 0 Å². The molecule has 0 bridgehead atoms. The number of esters is 1. The largest absolute Gasteiger partial charge is 0.466 e. The van der Waals surface area contributed by atoms with Crippen LogP contribution >= 0.6 is 0 Å². The highest BCUT2D eigenvalue weighted by atomic mass is 16.5. The van der Waals surface area contributed by atoms with E-state index in [2.05, 4.69) is 27.7 Å². The van der Waals surface area contributed by atoms with Crippen LogP contribution in [0.5, 0.6) is 0 Å². The van der Waals surface area contributed by atoms with Crippen LogP contribution in [0, 0.1) is 28.6 Å². The van der Waals surface area contributed by atoms with Crippen molar-refractivity contribution in [1.29, 1.82) is 0 Å². The summed E-state index contributed by atoms with van der Waals surface area (Å²) in [5.74, 6) is 1.61. The van der Waals surface area contributed by atoms with Gasteiger partial charge in [0.25, 0.3) is 0 Å². The van der Waals surface area contributed by atoms with Gasteiger partial charge in [-0.3, -0.25) is 4.79 Å². The van der Waals surface area contributed by atoms with Crippen molar-refractivity contribution in [1.82, 2.24) is 0 Å². The zero-order valence-electron chi connectivity index (χ0n) is 15.7. The van der Waals surface area contributed by atoms with Crippen LogP contribution in [0.1, 0.15) is 79.6 Å². The van der Waals surface area contributed by atoms with E-state index in [1.54, 1.807) is 0 Å². The average molecular weight is 325 g/mol. The molecule has 0 amide bonds. The molecule has 3 nitrogen and oxygen atoms in total. The third-order valence-corrected chi connectivity index (χ3v) is 7.28. The molecule has 0 aromatic rings. The smallest absolute Gasteiger partial charge is 0.305 e. The SMILES string of the molecule is CCOC(=O)CCC(C)(C)[C@@H](C)C1CCC2[C@@H](O)CCC[C@@]21C. The van der Waals surface area contributed by atoms with Gasteiger partial charge >= 0.3 is 5.97 Å². The number of hydrogen-bond donors (Lipinski definition) is 1. The molecule has 1 N–H and O–H groups in total. The summed E-state index contributed by atoms with van der Waals surface area (Å²) in [5.41, 5.74) is 0.399. The molecule has 0 saturated heterocycles. The van der Waals surface area contributed by atoms with Crippen LogP contribution in [-0.4, -0.2) is 23.8 Å². The molecule has 2 unspecified atom stereocenters. The Bertz CT molecular complexity index is 417. The number of fused-ring (bicyclic) bond motifs is 1. The van der Waals surface area contributed by atoms with Crippen molar-refractivity contribution in [3.8, 4) is 0 Å². The van der Waals surface area contributed by atoms with E-state index in [0.29, 0.717) is 30.8 Å². The van der Waals surface area contributed by atoms with Crippen molar-refractivity contribution in [3.63, 3.8) is 0 Å². The molecule has 0 heterocycles. The monoisotopic (exact) mass is 324 g/mol. The second-order valence-electron chi connectivity index (χ2n) is 8.84. The molecule has 0 aromatic heterocycles. The van der Waals surface area contributed by atoms with Crippen LogP contribution in [-0.2, 0) is 9.53 Å². The van der Waals surface area contributed by atoms with E-state index in [-0.39, 0.29) is 22.9 Å². The molecule has 23 heavy (non-hydrogen) atoms. The second kappa shape index (κ2) is 7.13. The molecule has 134 valence electrons. The number of carbonyl (C=O) groups excluding carboxylic acids is 1. The predicted octanol–water partition coefficient (Wildman–Crippen LogP) is 4.57. The van der Waals surface area contributed by atoms with Gasteiger partial charge in [0.05, 0.1) is 12.7 Å². The van der Waals surface area contributed by atoms with Crippen LogP contribution < -0.4 is 0 Å². The Balaban J connectivity index is 2.03. The Hall–Kier alpha value is -0.570. The Kier molecular flexibility index (Phi) is 5.81. The number of aliphatic hydroxyl groups excluding tert-OH is 1. The van der Waals surface area contributed by atoms with E-state index in [0.717, 1.165) is 19.3 Å². The van der Waals surface area contributed by atoms with Crippen molar-refractivity contribution < 1.29 is 14.6 Å². The minimum atomic E-state index is -0.103. The molecule has 5 atom stereocenters. The van der Waals surface area contributed by atoms with E-state index in [1.165, 1.54) is 19.3 Å². The quantitative estimate of drug-likeness (QED) is 0.728. The summed E-state index contributed by atoms with van der Waals surface area (Å²) in [4.78, 5) is 11.7. The maximum absolute atomic E-state index is 11.7. The lowest BCUT2D eigenvalue weighted by Gasteiger charge is -2.48. The van der Waals surface area contributed by atoms with Gasteiger partial charge in [0.15, 0.2) is 0 Å². The Morgan fingerprint density at radius 2 is 2.04 bits per heavy atom. The molecule has 0 aliphatic heterocycles. The maximum Gasteiger partial charge on any atom is 0.305 e. The fourth-order valence-corrected chi connectivity index (χ4v) is 5.44. The van der Waals surface area contributed by atoms with Gasteiger partial charge < -0.3 is 9.84 Å². The van der Waals surface area contributed by atoms with Crippen molar-refractivity contribution in [2.75, 3.05) is 6.61 Å². The predicted molar refractivity (Wildman–Crippen MR) is 93.0 cm³/mol. The van der Waals surface area contributed by atoms with Crippen molar-refractivity contribution in [2.24, 2.45) is 28.6 Å². The summed E-state index contributed by atoms with van der Waals surface area (Å²) in [6, 6.07) is 0. The summed E-state index contributed by atoms with van der Waals surface area (Å²) >= 11 is 0. The first-order valence-electron chi connectivity index (χ1n) is 9.56. The maximum atomic E-state index is 11.7. The molecule has 3 heteroatoms. The lowest BCUT2D eigenvalue weighted by atomic mass is 9.57. The van der Waals surface area contributed by atoms with Crippen LogP contribution in [0.4, 0.5) is 0 Å². The van der Waals surface area contributed by atoms with Gasteiger partial charge in [-0.2, -0.15) is 0 Å². The lowest BCUT2D eigenvalue weighted by Crippen LogP contribution is -2.44. The summed E-state index contributed by atoms with van der Waals surface area (Å²) in [6.07, 6.45) is 7.07. The standard InChI is InChI=1S/C20H36O3/c1-6-23-18(22)11-13-19(3,4)14(2)15-9-10-16-17(21)8-7-12-20(15,16)5/h14-17,21H,6-13H2,1-5H3/t14-,15?,16?,17-,20+/m0/s1. The number of carbonyl (C=O) groups is 1. The molecule has 0 aromatic carbocycles. The number of ether oxygens (including phenoxy) is 1. The summed E-state index contributed by atoms with van der Waals surface area (Å²) < 4.78 is 5.09. The normalized spacial score (nSPS) is 35.7. The first-order valence-corrected chi connectivity index (χ1v) is 9.56. The first-order chi connectivity index (χ1) is 10.7. The lowest BCUT2D eigenvalue weighted by molar-refractivity contribution is -0.144. The zero-order valence-corrected chi connectivity index (χ0v) is 15.7. The topological polar surface area (TPSA) is 46.5 Å². The van der Waals surface area contributed by atoms with E-state index < -0.39 is 0 Å². The fourth-order valence-electron chi connectivity index (χ4n) is 5.44. The number of rotatable bonds is 6. The minimum Gasteiger partial charge on any atom is -0.466 e. The Morgan fingerprint density at radius 3 is 2.70 bits per heavy atom. The molecule has 2 saturated carbocycles. The van der Waals surface area contributed by atoms with Crippen LogP contribution in [0.3, 0.4) is 0 Å². The van der Waals surface area contributed by atoms with Crippen molar-refractivity contribution in [2.45, 2.75) is 85.7 Å². The third kappa shape index (κ3) is 3.75. The molecular weight excluding hydrogens is 288 g/mol. The fraction of sp³-hybridized carbons (Fsp3) is 0.950. The highest BCUT2D eigenvalue weighted by molar-refractivity contribution is 5.69. The van der Waals surface area contributed by atoms with Gasteiger partial charge in [0.2, 0.25) is 0 Å². The Morgan fingerprint density at radius 1 is 1.35 bits per heavy atom. The van der Waals surface area contributed by atoms with Gasteiger partial charge in [0.1, 0.15) is 0 Å². The zero-order chi connectivity index (χ0) is 17.3. The minimum absolute atomic E-state index is 0.0728. The Labute approximate surface area is 142 Å². The number of aliphatic hydroxyl groups is 1. The molecule has 2 fully saturated rings. The van der Waals surface area contributed by atoms with E-state index in [1.807, 2.05) is 6.92 Å². The van der Waals surface area contributed by atoms with Gasteiger partial charge in [-0.05, 0) is 67.6 Å². The van der Waals surface area contributed by atoms with Gasteiger partial charge in [0, 0.05) is 6.42 Å². The van der Waals surface area contributed by atoms with Gasteiger partial charge in [-0.25, -0.2) is 0 Å². The van der Waals surface area contributed by atoms with E-state index in [4.69, 9.17) is 4.74 Å². The molecule has 2 rings (SSSR count). The highest BCUT2D eigenvalue weighted by Gasteiger charge is 2.54. The van der Waals surface area contributed by atoms with Crippen LogP contribution in [0.25, 0.3) is 0 Å². The average Bonchev–Trinajstić information content (AvgIpc) is 2.83. The highest BCUT2D eigenvalue weighted by Crippen LogP contribution is 2.60. The summed E-state index contributed by atoms with van der Waals surface area (Å²) in [6.45, 7) is 11.7. The molecule has 2 aliphatic rings. The number of hydrogen-bond acceptors (Lipinski definition) is 3. The van der Waals surface area contributed by atoms with Gasteiger partial charge in [-0.1, -0.05) is 34.1 Å². The molecular formula is C20H36O3. The second-order valence-corrected chi connectivity index (χ2v) is 8.84. The van der Waals surface area contributed by atoms with Crippen LogP contribution in [0.2, 0.25) is 0 Å². The molecule has 2 aliphatic carbocycles. The third-order valence-electron chi connectivity index (χ3n) is 7.28. The molecule has 0 radical (unpaired) electrons. The van der Waals surface area contributed by atoms with Gasteiger partial charge in [-0.15, -0.1) is 0 Å². The van der Waals surface area contributed by atoms with E-state index >= 15 is 0 Å². The van der Waals surface area contributed by atoms with Crippen molar-refractivity contribution in [3.05, 3.63) is 0 Å². The molecule has 0 spiro atoms. The van der Waals surface area contributed by atoms with Crippen molar-refractivity contribution >= 4 is 5.97 Å².